The van der Waals surface area contributed by atoms with Gasteiger partial charge in [0, 0.05) is 38.4 Å². The summed E-state index contributed by atoms with van der Waals surface area (Å²) in [5.41, 5.74) is -0.960. The van der Waals surface area contributed by atoms with Crippen molar-refractivity contribution in [3.05, 3.63) is 33.1 Å². The van der Waals surface area contributed by atoms with Crippen LogP contribution < -0.4 is 16.6 Å². The summed E-state index contributed by atoms with van der Waals surface area (Å²) in [7, 11) is 0. The number of amides is 1. The molecule has 1 rings (SSSR count). The van der Waals surface area contributed by atoms with E-state index in [2.05, 4.69) is 10.3 Å². The van der Waals surface area contributed by atoms with Gasteiger partial charge in [-0.25, -0.2) is 4.79 Å². The number of aliphatic hydroxyl groups is 1. The number of nitrogens with zero attached hydrogens (tertiary/aromatic N) is 1. The maximum atomic E-state index is 11.5. The Morgan fingerprint density at radius 2 is 2.11 bits per heavy atom. The molecule has 1 aromatic heterocycles. The fourth-order valence-corrected chi connectivity index (χ4v) is 1.57. The molecule has 1 aromatic rings. The Kier molecular flexibility index (Phi) is 6.59. The Labute approximate surface area is 110 Å². The lowest BCUT2D eigenvalue weighted by Crippen LogP contribution is -2.31. The molecule has 1 amide bonds. The summed E-state index contributed by atoms with van der Waals surface area (Å²) < 4.78 is 1.28. The highest BCUT2D eigenvalue weighted by molar-refractivity contribution is 5.75. The Balaban J connectivity index is 2.26. The highest BCUT2D eigenvalue weighted by Crippen LogP contribution is 1.92. The minimum Gasteiger partial charge on any atom is -0.396 e. The van der Waals surface area contributed by atoms with Crippen molar-refractivity contribution in [3.8, 4) is 0 Å². The van der Waals surface area contributed by atoms with Crippen LogP contribution >= 0.6 is 0 Å². The van der Waals surface area contributed by atoms with Crippen LogP contribution in [-0.4, -0.2) is 33.7 Å². The summed E-state index contributed by atoms with van der Waals surface area (Å²) in [5.74, 6) is -0.137. The van der Waals surface area contributed by atoms with Gasteiger partial charge in [0.15, 0.2) is 0 Å². The Morgan fingerprint density at radius 1 is 1.32 bits per heavy atom. The molecule has 3 N–H and O–H groups in total. The molecule has 0 unspecified atom stereocenters. The van der Waals surface area contributed by atoms with Crippen LogP contribution in [0.2, 0.25) is 0 Å². The fourth-order valence-electron chi connectivity index (χ4n) is 1.57. The summed E-state index contributed by atoms with van der Waals surface area (Å²) in [6, 6.07) is 1.24. The van der Waals surface area contributed by atoms with Gasteiger partial charge in [-0.3, -0.25) is 14.6 Å². The van der Waals surface area contributed by atoms with Crippen molar-refractivity contribution < 1.29 is 9.90 Å². The number of aliphatic hydroxyl groups excluding tert-OH is 1. The molecule has 0 aromatic carbocycles. The largest absolute Gasteiger partial charge is 0.396 e. The van der Waals surface area contributed by atoms with E-state index in [0.717, 1.165) is 19.3 Å². The second-order valence-corrected chi connectivity index (χ2v) is 4.19. The lowest BCUT2D eigenvalue weighted by Gasteiger charge is -2.06. The molecule has 7 heteroatoms. The first-order chi connectivity index (χ1) is 9.13. The van der Waals surface area contributed by atoms with Crippen molar-refractivity contribution >= 4 is 5.91 Å². The third-order valence-corrected chi connectivity index (χ3v) is 2.63. The van der Waals surface area contributed by atoms with Crippen LogP contribution in [0.4, 0.5) is 0 Å². The number of nitrogens with one attached hydrogen (secondary N) is 2. The van der Waals surface area contributed by atoms with Gasteiger partial charge in [-0.2, -0.15) is 0 Å². The molecule has 0 atom stereocenters. The number of rotatable bonds is 8. The lowest BCUT2D eigenvalue weighted by molar-refractivity contribution is -0.121. The number of unbranched alkanes of at least 4 members (excludes halogenated alkanes) is 2. The predicted octanol–water partition coefficient (Wildman–Crippen LogP) is -0.794. The Morgan fingerprint density at radius 3 is 2.79 bits per heavy atom. The topological polar surface area (TPSA) is 104 Å². The molecule has 7 nitrogen and oxygen atoms in total. The minimum absolute atomic E-state index is 0.137. The Hall–Kier alpha value is -1.89. The van der Waals surface area contributed by atoms with Crippen LogP contribution in [0, 0.1) is 0 Å². The number of aromatic amines is 1. The number of hydrogen-bond acceptors (Lipinski definition) is 4. The summed E-state index contributed by atoms with van der Waals surface area (Å²) in [6.45, 7) is 0.973. The average molecular weight is 269 g/mol. The van der Waals surface area contributed by atoms with Crippen LogP contribution in [0.1, 0.15) is 25.7 Å². The minimum atomic E-state index is -0.511. The van der Waals surface area contributed by atoms with Crippen LogP contribution in [0.3, 0.4) is 0 Å². The number of carbonyl (C=O) groups is 1. The van der Waals surface area contributed by atoms with Gasteiger partial charge in [0.25, 0.3) is 5.56 Å². The summed E-state index contributed by atoms with van der Waals surface area (Å²) in [5, 5.41) is 11.3. The second kappa shape index (κ2) is 8.25. The SMILES string of the molecule is O=C(CCn1ccc(=O)[nH]c1=O)NCCCCCO. The maximum absolute atomic E-state index is 11.5. The molecule has 0 saturated heterocycles. The number of H-pyrrole nitrogens is 1. The van der Waals surface area contributed by atoms with E-state index in [0.29, 0.717) is 6.54 Å². The molecular weight excluding hydrogens is 250 g/mol. The molecule has 0 bridgehead atoms. The predicted molar refractivity (Wildman–Crippen MR) is 69.9 cm³/mol. The lowest BCUT2D eigenvalue weighted by atomic mass is 10.2. The van der Waals surface area contributed by atoms with Gasteiger partial charge in [0.05, 0.1) is 0 Å². The van der Waals surface area contributed by atoms with Crippen LogP contribution in [0.15, 0.2) is 21.9 Å². The first-order valence-electron chi connectivity index (χ1n) is 6.31. The number of hydrogen-bond donors (Lipinski definition) is 3. The average Bonchev–Trinajstić information content (AvgIpc) is 2.37. The number of carbonyl (C=O) groups excluding carboxylic acids is 1. The van der Waals surface area contributed by atoms with Crippen molar-refractivity contribution in [3.63, 3.8) is 0 Å². The molecule has 0 radical (unpaired) electrons. The third kappa shape index (κ3) is 6.01. The van der Waals surface area contributed by atoms with Gasteiger partial charge in [-0.05, 0) is 19.3 Å². The molecule has 19 heavy (non-hydrogen) atoms. The van der Waals surface area contributed by atoms with Gasteiger partial charge in [0.2, 0.25) is 5.91 Å². The van der Waals surface area contributed by atoms with E-state index in [-0.39, 0.29) is 25.5 Å². The van der Waals surface area contributed by atoms with Gasteiger partial charge >= 0.3 is 5.69 Å². The van der Waals surface area contributed by atoms with E-state index in [9.17, 15) is 14.4 Å². The standard InChI is InChI=1S/C12H19N3O4/c16-9-3-1-2-6-13-10(17)4-7-15-8-5-11(18)14-12(15)19/h5,8,16H,1-4,6-7,9H2,(H,13,17)(H,14,18,19). The summed E-state index contributed by atoms with van der Waals surface area (Å²) in [4.78, 5) is 35.8. The maximum Gasteiger partial charge on any atom is 0.328 e. The normalized spacial score (nSPS) is 10.4. The first-order valence-corrected chi connectivity index (χ1v) is 6.31. The van der Waals surface area contributed by atoms with Crippen LogP contribution in [-0.2, 0) is 11.3 Å². The zero-order valence-corrected chi connectivity index (χ0v) is 10.7. The number of aromatic nitrogens is 2. The molecule has 1 heterocycles. The zero-order valence-electron chi connectivity index (χ0n) is 10.7. The van der Waals surface area contributed by atoms with Gasteiger partial charge < -0.3 is 15.0 Å². The molecule has 0 aliphatic carbocycles. The monoisotopic (exact) mass is 269 g/mol. The van der Waals surface area contributed by atoms with Gasteiger partial charge in [-0.15, -0.1) is 0 Å². The molecule has 0 aliphatic rings. The third-order valence-electron chi connectivity index (χ3n) is 2.63. The molecule has 0 saturated carbocycles. The summed E-state index contributed by atoms with van der Waals surface area (Å²) in [6.07, 6.45) is 3.99. The van der Waals surface area contributed by atoms with E-state index in [1.807, 2.05) is 0 Å². The van der Waals surface area contributed by atoms with Crippen molar-refractivity contribution in [1.82, 2.24) is 14.9 Å². The second-order valence-electron chi connectivity index (χ2n) is 4.19. The van der Waals surface area contributed by atoms with Crippen molar-refractivity contribution in [1.29, 1.82) is 0 Å². The molecule has 0 spiro atoms. The van der Waals surface area contributed by atoms with Crippen molar-refractivity contribution in [2.45, 2.75) is 32.2 Å². The highest BCUT2D eigenvalue weighted by Gasteiger charge is 2.02. The van der Waals surface area contributed by atoms with E-state index in [1.54, 1.807) is 0 Å². The smallest absolute Gasteiger partial charge is 0.328 e. The van der Waals surface area contributed by atoms with Crippen molar-refractivity contribution in [2.75, 3.05) is 13.2 Å². The van der Waals surface area contributed by atoms with E-state index < -0.39 is 11.2 Å². The zero-order chi connectivity index (χ0) is 14.1. The van der Waals surface area contributed by atoms with Crippen molar-refractivity contribution in [2.24, 2.45) is 0 Å². The van der Waals surface area contributed by atoms with Gasteiger partial charge in [0.1, 0.15) is 0 Å². The van der Waals surface area contributed by atoms with E-state index >= 15 is 0 Å². The first kappa shape index (κ1) is 15.2. The summed E-state index contributed by atoms with van der Waals surface area (Å²) >= 11 is 0. The number of aryl methyl sites for hydroxylation is 1. The molecule has 0 aliphatic heterocycles. The highest BCUT2D eigenvalue weighted by atomic mass is 16.3. The van der Waals surface area contributed by atoms with E-state index in [1.165, 1.54) is 16.8 Å². The van der Waals surface area contributed by atoms with Crippen LogP contribution in [0.25, 0.3) is 0 Å². The van der Waals surface area contributed by atoms with E-state index in [4.69, 9.17) is 5.11 Å². The fraction of sp³-hybridized carbons (Fsp3) is 0.583. The molecule has 106 valence electrons. The Bertz CT molecular complexity index is 506. The quantitative estimate of drug-likeness (QED) is 0.538. The molecular formula is C12H19N3O4. The van der Waals surface area contributed by atoms with Gasteiger partial charge in [-0.1, -0.05) is 0 Å². The molecule has 0 fully saturated rings. The van der Waals surface area contributed by atoms with Crippen LogP contribution in [0.5, 0.6) is 0 Å².